The Balaban J connectivity index is 2.07. The predicted molar refractivity (Wildman–Crippen MR) is 89.5 cm³/mol. The lowest BCUT2D eigenvalue weighted by Crippen LogP contribution is -2.34. The van der Waals surface area contributed by atoms with Gasteiger partial charge in [-0.25, -0.2) is 0 Å². The van der Waals surface area contributed by atoms with Crippen molar-refractivity contribution in [3.8, 4) is 0 Å². The number of pyridine rings is 1. The number of aryl methyl sites for hydroxylation is 1. The van der Waals surface area contributed by atoms with Crippen molar-refractivity contribution >= 4 is 11.3 Å². The lowest BCUT2D eigenvalue weighted by Gasteiger charge is -2.30. The molecule has 2 heteroatoms. The molecule has 0 saturated carbocycles. The van der Waals surface area contributed by atoms with E-state index in [4.69, 9.17) is 0 Å². The van der Waals surface area contributed by atoms with Crippen LogP contribution in [0.3, 0.4) is 0 Å². The van der Waals surface area contributed by atoms with Gasteiger partial charge in [-0.3, -0.25) is 4.98 Å². The van der Waals surface area contributed by atoms with Crippen molar-refractivity contribution in [3.05, 3.63) is 65.5 Å². The Morgan fingerprint density at radius 2 is 1.95 bits per heavy atom. The van der Waals surface area contributed by atoms with E-state index in [0.717, 1.165) is 5.69 Å². The third-order valence-corrected chi connectivity index (χ3v) is 4.58. The summed E-state index contributed by atoms with van der Waals surface area (Å²) in [5.74, 6) is 0. The zero-order chi connectivity index (χ0) is 15.0. The van der Waals surface area contributed by atoms with Crippen LogP contribution in [-0.4, -0.2) is 11.0 Å². The van der Waals surface area contributed by atoms with Gasteiger partial charge in [0, 0.05) is 28.6 Å². The maximum Gasteiger partial charge on any atom is 0.0609 e. The molecule has 0 aliphatic carbocycles. The molecule has 0 radical (unpaired) electrons. The Morgan fingerprint density at radius 3 is 2.62 bits per heavy atom. The summed E-state index contributed by atoms with van der Waals surface area (Å²) >= 11 is 0. The van der Waals surface area contributed by atoms with E-state index in [1.165, 1.54) is 22.4 Å². The topological polar surface area (TPSA) is 24.9 Å². The quantitative estimate of drug-likeness (QED) is 0.870. The average molecular weight is 278 g/mol. The van der Waals surface area contributed by atoms with Gasteiger partial charge in [-0.05, 0) is 37.1 Å². The number of hydrogen-bond acceptors (Lipinski definition) is 2. The molecule has 0 fully saturated rings. The van der Waals surface area contributed by atoms with Crippen LogP contribution in [0.5, 0.6) is 0 Å². The van der Waals surface area contributed by atoms with E-state index in [-0.39, 0.29) is 11.5 Å². The smallest absolute Gasteiger partial charge is 0.0609 e. The molecule has 2 aromatic rings. The molecular formula is C19H22N2. The number of anilines is 1. The van der Waals surface area contributed by atoms with E-state index in [0.29, 0.717) is 0 Å². The van der Waals surface area contributed by atoms with E-state index >= 15 is 0 Å². The molecule has 0 bridgehead atoms. The number of fused-ring (bicyclic) bond motifs is 1. The van der Waals surface area contributed by atoms with Gasteiger partial charge in [-0.1, -0.05) is 44.2 Å². The van der Waals surface area contributed by atoms with Crippen LogP contribution < -0.4 is 5.32 Å². The van der Waals surface area contributed by atoms with Crippen LogP contribution in [0.2, 0.25) is 0 Å². The number of hydrogen-bond donors (Lipinski definition) is 1. The second kappa shape index (κ2) is 5.03. The van der Waals surface area contributed by atoms with Crippen molar-refractivity contribution in [1.29, 1.82) is 0 Å². The number of rotatable bonds is 2. The monoisotopic (exact) mass is 278 g/mol. The van der Waals surface area contributed by atoms with E-state index in [1.807, 2.05) is 12.3 Å². The number of benzene rings is 1. The zero-order valence-electron chi connectivity index (χ0n) is 13.1. The Morgan fingerprint density at radius 1 is 1.19 bits per heavy atom. The summed E-state index contributed by atoms with van der Waals surface area (Å²) in [5.41, 5.74) is 6.32. The largest absolute Gasteiger partial charge is 0.377 e. The van der Waals surface area contributed by atoms with Crippen LogP contribution in [0.1, 0.15) is 37.6 Å². The highest BCUT2D eigenvalue weighted by Crippen LogP contribution is 2.45. The predicted octanol–water partition coefficient (Wildman–Crippen LogP) is 4.57. The van der Waals surface area contributed by atoms with Crippen molar-refractivity contribution in [3.63, 3.8) is 0 Å². The van der Waals surface area contributed by atoms with Gasteiger partial charge in [-0.15, -0.1) is 0 Å². The standard InChI is InChI=1S/C19H22N2/c1-5-14(15-9-8-12-20-13(15)2)18-19(3,4)16-10-6-7-11-17(16)21-18/h5-12,18,21H,1-4H3/b14-5+. The summed E-state index contributed by atoms with van der Waals surface area (Å²) in [6, 6.07) is 13.1. The van der Waals surface area contributed by atoms with Crippen LogP contribution in [0, 0.1) is 6.92 Å². The molecule has 21 heavy (non-hydrogen) atoms. The first kappa shape index (κ1) is 13.9. The molecule has 1 aliphatic rings. The molecule has 1 aromatic carbocycles. The van der Waals surface area contributed by atoms with E-state index in [1.54, 1.807) is 0 Å². The minimum Gasteiger partial charge on any atom is -0.377 e. The summed E-state index contributed by atoms with van der Waals surface area (Å²) in [6.45, 7) is 8.81. The molecule has 1 atom stereocenters. The van der Waals surface area contributed by atoms with Gasteiger partial charge in [0.05, 0.1) is 6.04 Å². The maximum atomic E-state index is 4.45. The lowest BCUT2D eigenvalue weighted by molar-refractivity contribution is 0.526. The number of allylic oxidation sites excluding steroid dienone is 1. The molecule has 2 heterocycles. The van der Waals surface area contributed by atoms with Crippen molar-refractivity contribution in [1.82, 2.24) is 4.98 Å². The Kier molecular flexibility index (Phi) is 3.32. The van der Waals surface area contributed by atoms with E-state index in [2.05, 4.69) is 74.4 Å². The lowest BCUT2D eigenvalue weighted by atomic mass is 9.76. The molecule has 108 valence electrons. The number of para-hydroxylation sites is 1. The molecule has 1 aliphatic heterocycles. The fourth-order valence-corrected chi connectivity index (χ4v) is 3.40. The SMILES string of the molecule is C/C=C(\c1cccnc1C)C1Nc2ccccc2C1(C)C. The number of aromatic nitrogens is 1. The first-order chi connectivity index (χ1) is 10.1. The first-order valence-corrected chi connectivity index (χ1v) is 7.50. The number of nitrogens with one attached hydrogen (secondary N) is 1. The fourth-order valence-electron chi connectivity index (χ4n) is 3.40. The van der Waals surface area contributed by atoms with Crippen LogP contribution >= 0.6 is 0 Å². The van der Waals surface area contributed by atoms with Crippen molar-refractivity contribution in [2.45, 2.75) is 39.2 Å². The van der Waals surface area contributed by atoms with Crippen molar-refractivity contribution in [2.75, 3.05) is 5.32 Å². The second-order valence-electron chi connectivity index (χ2n) is 6.23. The van der Waals surface area contributed by atoms with Crippen LogP contribution in [0.4, 0.5) is 5.69 Å². The molecule has 1 unspecified atom stereocenters. The van der Waals surface area contributed by atoms with Gasteiger partial charge in [0.1, 0.15) is 0 Å². The Labute approximate surface area is 126 Å². The molecule has 1 aromatic heterocycles. The molecular weight excluding hydrogens is 256 g/mol. The summed E-state index contributed by atoms with van der Waals surface area (Å²) in [7, 11) is 0. The average Bonchev–Trinajstić information content (AvgIpc) is 2.74. The van der Waals surface area contributed by atoms with Crippen LogP contribution in [0.25, 0.3) is 5.57 Å². The minimum atomic E-state index is 0.0563. The highest BCUT2D eigenvalue weighted by Gasteiger charge is 2.41. The van der Waals surface area contributed by atoms with Crippen molar-refractivity contribution < 1.29 is 0 Å². The van der Waals surface area contributed by atoms with E-state index < -0.39 is 0 Å². The van der Waals surface area contributed by atoms with Gasteiger partial charge in [0.2, 0.25) is 0 Å². The molecule has 3 rings (SSSR count). The zero-order valence-corrected chi connectivity index (χ0v) is 13.1. The molecule has 2 nitrogen and oxygen atoms in total. The summed E-state index contributed by atoms with van der Waals surface area (Å²) < 4.78 is 0. The second-order valence-corrected chi connectivity index (χ2v) is 6.23. The molecule has 0 saturated heterocycles. The highest BCUT2D eigenvalue weighted by molar-refractivity contribution is 5.79. The summed E-state index contributed by atoms with van der Waals surface area (Å²) in [6.07, 6.45) is 4.07. The first-order valence-electron chi connectivity index (χ1n) is 7.50. The minimum absolute atomic E-state index is 0.0563. The highest BCUT2D eigenvalue weighted by atomic mass is 15.0. The fraction of sp³-hybridized carbons (Fsp3) is 0.316. The van der Waals surface area contributed by atoms with Gasteiger partial charge in [0.15, 0.2) is 0 Å². The Hall–Kier alpha value is -2.09. The molecule has 1 N–H and O–H groups in total. The van der Waals surface area contributed by atoms with E-state index in [9.17, 15) is 0 Å². The van der Waals surface area contributed by atoms with Gasteiger partial charge < -0.3 is 5.32 Å². The number of nitrogens with zero attached hydrogens (tertiary/aromatic N) is 1. The van der Waals surface area contributed by atoms with Gasteiger partial charge in [0.25, 0.3) is 0 Å². The Bertz CT molecular complexity index is 698. The summed E-state index contributed by atoms with van der Waals surface area (Å²) in [5, 5.41) is 3.71. The maximum absolute atomic E-state index is 4.45. The van der Waals surface area contributed by atoms with Crippen LogP contribution in [-0.2, 0) is 5.41 Å². The molecule has 0 spiro atoms. The van der Waals surface area contributed by atoms with Crippen LogP contribution in [0.15, 0.2) is 48.7 Å². The van der Waals surface area contributed by atoms with Crippen molar-refractivity contribution in [2.24, 2.45) is 0 Å². The third-order valence-electron chi connectivity index (χ3n) is 4.58. The molecule has 0 amide bonds. The van der Waals surface area contributed by atoms with Gasteiger partial charge in [-0.2, -0.15) is 0 Å². The van der Waals surface area contributed by atoms with Gasteiger partial charge >= 0.3 is 0 Å². The third kappa shape index (κ3) is 2.15. The summed E-state index contributed by atoms with van der Waals surface area (Å²) in [4.78, 5) is 4.45. The normalized spacial score (nSPS) is 20.0.